The first kappa shape index (κ1) is 23.5. The van der Waals surface area contributed by atoms with Crippen LogP contribution >= 0.6 is 0 Å². The first-order valence-corrected chi connectivity index (χ1v) is 10.5. The van der Waals surface area contributed by atoms with Crippen LogP contribution < -0.4 is 19.7 Å². The molecule has 1 saturated heterocycles. The zero-order valence-corrected chi connectivity index (χ0v) is 18.3. The molecule has 0 saturated carbocycles. The highest BCUT2D eigenvalue weighted by molar-refractivity contribution is 6.10. The van der Waals surface area contributed by atoms with Gasteiger partial charge in [-0.25, -0.2) is 0 Å². The second-order valence-corrected chi connectivity index (χ2v) is 7.50. The van der Waals surface area contributed by atoms with Crippen LogP contribution in [0.15, 0.2) is 35.9 Å². The van der Waals surface area contributed by atoms with Gasteiger partial charge >= 0.3 is 0 Å². The Morgan fingerprint density at radius 2 is 1.66 bits per heavy atom. The van der Waals surface area contributed by atoms with E-state index in [9.17, 15) is 30.3 Å². The molecule has 0 unspecified atom stereocenters. The van der Waals surface area contributed by atoms with Gasteiger partial charge in [-0.2, -0.15) is 5.26 Å². The number of nitrogens with zero attached hydrogens (tertiary/aromatic N) is 4. The maximum Gasteiger partial charge on any atom is 0.296 e. The molecule has 13 heteroatoms. The number of rotatable bonds is 6. The molecule has 1 amide bonds. The lowest BCUT2D eigenvalue weighted by Crippen LogP contribution is -2.36. The van der Waals surface area contributed by atoms with Gasteiger partial charge in [-0.15, -0.1) is 0 Å². The Labute approximate surface area is 198 Å². The number of morpholine rings is 1. The van der Waals surface area contributed by atoms with E-state index in [1.165, 1.54) is 18.2 Å². The molecule has 0 aliphatic carbocycles. The van der Waals surface area contributed by atoms with Crippen molar-refractivity contribution in [2.75, 3.05) is 49.7 Å². The number of carbonyl (C=O) groups excluding carboxylic acids is 1. The predicted molar refractivity (Wildman–Crippen MR) is 122 cm³/mol. The van der Waals surface area contributed by atoms with Gasteiger partial charge in [0.05, 0.1) is 29.1 Å². The summed E-state index contributed by atoms with van der Waals surface area (Å²) in [6.45, 7) is 2.36. The quantitative estimate of drug-likeness (QED) is 0.280. The van der Waals surface area contributed by atoms with E-state index in [4.69, 9.17) is 14.2 Å². The van der Waals surface area contributed by atoms with E-state index in [-0.39, 0.29) is 41.7 Å². The van der Waals surface area contributed by atoms with Crippen molar-refractivity contribution in [3.05, 3.63) is 61.7 Å². The van der Waals surface area contributed by atoms with Crippen LogP contribution in [0.3, 0.4) is 0 Å². The number of hydrogen-bond donors (Lipinski definition) is 1. The molecule has 0 aromatic heterocycles. The maximum atomic E-state index is 12.8. The fraction of sp³-hybridized carbons (Fsp3) is 0.273. The molecule has 2 heterocycles. The molecule has 2 aromatic rings. The van der Waals surface area contributed by atoms with Gasteiger partial charge in [-0.3, -0.25) is 25.0 Å². The van der Waals surface area contributed by atoms with Crippen LogP contribution in [0.25, 0.3) is 6.08 Å². The highest BCUT2D eigenvalue weighted by atomic mass is 16.6. The Balaban J connectivity index is 1.62. The van der Waals surface area contributed by atoms with E-state index in [0.717, 1.165) is 6.07 Å². The lowest BCUT2D eigenvalue weighted by molar-refractivity contribution is -0.384. The number of carbonyl (C=O) groups is 1. The highest BCUT2D eigenvalue weighted by Crippen LogP contribution is 2.39. The van der Waals surface area contributed by atoms with Crippen molar-refractivity contribution in [2.24, 2.45) is 0 Å². The van der Waals surface area contributed by atoms with Gasteiger partial charge < -0.3 is 24.4 Å². The fourth-order valence-corrected chi connectivity index (χ4v) is 3.68. The number of nitrogens with one attached hydrogen (secondary N) is 1. The molecule has 1 N–H and O–H groups in total. The number of amides is 1. The zero-order valence-electron chi connectivity index (χ0n) is 18.3. The van der Waals surface area contributed by atoms with E-state index < -0.39 is 27.0 Å². The van der Waals surface area contributed by atoms with Crippen molar-refractivity contribution < 1.29 is 28.9 Å². The molecule has 2 aliphatic rings. The fourth-order valence-electron chi connectivity index (χ4n) is 3.68. The Bertz CT molecular complexity index is 1260. The Hall–Kier alpha value is -4.70. The topological polar surface area (TPSA) is 170 Å². The Morgan fingerprint density at radius 1 is 1.00 bits per heavy atom. The zero-order chi connectivity index (χ0) is 24.9. The summed E-state index contributed by atoms with van der Waals surface area (Å²) in [4.78, 5) is 36.5. The molecule has 1 fully saturated rings. The normalized spacial score (nSPS) is 15.2. The molecule has 180 valence electrons. The van der Waals surface area contributed by atoms with E-state index >= 15 is 0 Å². The lowest BCUT2D eigenvalue weighted by atomic mass is 10.1. The monoisotopic (exact) mass is 481 g/mol. The van der Waals surface area contributed by atoms with Crippen LogP contribution in [0.4, 0.5) is 22.7 Å². The third-order valence-corrected chi connectivity index (χ3v) is 5.33. The number of nitro benzene ring substituents is 2. The number of ether oxygens (including phenoxy) is 3. The minimum absolute atomic E-state index is 0.171. The number of hydrogen-bond acceptors (Lipinski definition) is 10. The molecular formula is C22H19N5O8. The predicted octanol–water partition coefficient (Wildman–Crippen LogP) is 2.66. The SMILES string of the molecule is N#CC(=Cc1ccc(N2CCOCC2)c([N+](=O)[O-])c1)C(=O)Nc1cc2c(cc1[N+](=O)[O-])OCCO2. The summed E-state index contributed by atoms with van der Waals surface area (Å²) in [5.74, 6) is -0.536. The van der Waals surface area contributed by atoms with Crippen molar-refractivity contribution in [1.29, 1.82) is 5.26 Å². The van der Waals surface area contributed by atoms with Gasteiger partial charge in [-0.05, 0) is 17.7 Å². The summed E-state index contributed by atoms with van der Waals surface area (Å²) >= 11 is 0. The molecule has 13 nitrogen and oxygen atoms in total. The summed E-state index contributed by atoms with van der Waals surface area (Å²) < 4.78 is 16.0. The molecule has 2 aromatic carbocycles. The molecule has 0 radical (unpaired) electrons. The van der Waals surface area contributed by atoms with Gasteiger partial charge in [0.1, 0.15) is 36.2 Å². The molecule has 0 bridgehead atoms. The van der Waals surface area contributed by atoms with Crippen molar-refractivity contribution in [3.8, 4) is 17.6 Å². The smallest absolute Gasteiger partial charge is 0.296 e. The largest absolute Gasteiger partial charge is 0.486 e. The summed E-state index contributed by atoms with van der Waals surface area (Å²) in [6, 6.07) is 8.48. The maximum absolute atomic E-state index is 12.8. The van der Waals surface area contributed by atoms with Gasteiger partial charge in [0.25, 0.3) is 17.3 Å². The first-order valence-electron chi connectivity index (χ1n) is 10.5. The van der Waals surface area contributed by atoms with Crippen LogP contribution in [0.2, 0.25) is 0 Å². The Kier molecular flexibility index (Phi) is 6.74. The number of benzene rings is 2. The summed E-state index contributed by atoms with van der Waals surface area (Å²) in [5, 5.41) is 35.0. The lowest BCUT2D eigenvalue weighted by Gasteiger charge is -2.28. The van der Waals surface area contributed by atoms with Gasteiger partial charge in [0, 0.05) is 25.2 Å². The third-order valence-electron chi connectivity index (χ3n) is 5.33. The van der Waals surface area contributed by atoms with Crippen LogP contribution in [-0.4, -0.2) is 55.3 Å². The van der Waals surface area contributed by atoms with Crippen molar-refractivity contribution in [2.45, 2.75) is 0 Å². The van der Waals surface area contributed by atoms with Gasteiger partial charge in [-0.1, -0.05) is 6.07 Å². The van der Waals surface area contributed by atoms with Crippen molar-refractivity contribution in [1.82, 2.24) is 0 Å². The molecule has 0 atom stereocenters. The summed E-state index contributed by atoms with van der Waals surface area (Å²) in [7, 11) is 0. The van der Waals surface area contributed by atoms with E-state index in [0.29, 0.717) is 32.0 Å². The van der Waals surface area contributed by atoms with Crippen LogP contribution in [0.1, 0.15) is 5.56 Å². The van der Waals surface area contributed by atoms with Gasteiger partial charge in [0.2, 0.25) is 0 Å². The van der Waals surface area contributed by atoms with Crippen LogP contribution in [0.5, 0.6) is 11.5 Å². The number of anilines is 2. The Morgan fingerprint density at radius 3 is 2.29 bits per heavy atom. The van der Waals surface area contributed by atoms with Crippen molar-refractivity contribution in [3.63, 3.8) is 0 Å². The minimum Gasteiger partial charge on any atom is -0.486 e. The van der Waals surface area contributed by atoms with Gasteiger partial charge in [0.15, 0.2) is 11.5 Å². The number of nitriles is 1. The van der Waals surface area contributed by atoms with Crippen LogP contribution in [-0.2, 0) is 9.53 Å². The molecule has 35 heavy (non-hydrogen) atoms. The number of nitro groups is 2. The molecule has 4 rings (SSSR count). The van der Waals surface area contributed by atoms with E-state index in [2.05, 4.69) is 5.32 Å². The second kappa shape index (κ2) is 10.1. The summed E-state index contributed by atoms with van der Waals surface area (Å²) in [6.07, 6.45) is 1.18. The molecule has 2 aliphatic heterocycles. The van der Waals surface area contributed by atoms with E-state index in [1.54, 1.807) is 18.2 Å². The molecular weight excluding hydrogens is 462 g/mol. The average molecular weight is 481 g/mol. The van der Waals surface area contributed by atoms with Crippen molar-refractivity contribution >= 4 is 34.7 Å². The minimum atomic E-state index is -0.924. The summed E-state index contributed by atoms with van der Waals surface area (Å²) in [5.41, 5.74) is -0.546. The standard InChI is InChI=1S/C22H19N5O8/c23-13-15(9-14-1-2-17(19(10-14)27(31)32)25-3-5-33-6-4-25)22(28)24-16-11-20-21(35-8-7-34-20)12-18(16)26(29)30/h1-2,9-12H,3-8H2,(H,24,28). The number of fused-ring (bicyclic) bond motifs is 1. The third kappa shape index (κ3) is 5.12. The second-order valence-electron chi connectivity index (χ2n) is 7.50. The van der Waals surface area contributed by atoms with Crippen LogP contribution in [0, 0.1) is 31.6 Å². The average Bonchev–Trinajstić information content (AvgIpc) is 2.87. The first-order chi connectivity index (χ1) is 16.9. The van der Waals surface area contributed by atoms with E-state index in [1.807, 2.05) is 4.90 Å². The highest BCUT2D eigenvalue weighted by Gasteiger charge is 2.25. The molecule has 0 spiro atoms.